The van der Waals surface area contributed by atoms with E-state index in [0.29, 0.717) is 11.4 Å². The topological polar surface area (TPSA) is 64.0 Å². The van der Waals surface area contributed by atoms with Gasteiger partial charge in [-0.25, -0.2) is 8.42 Å². The third-order valence-corrected chi connectivity index (χ3v) is 3.99. The van der Waals surface area contributed by atoms with E-state index >= 15 is 0 Å². The summed E-state index contributed by atoms with van der Waals surface area (Å²) in [4.78, 5) is 0.330. The predicted molar refractivity (Wildman–Crippen MR) is 74.8 cm³/mol. The van der Waals surface area contributed by atoms with Crippen LogP contribution in [0.5, 0.6) is 0 Å². The van der Waals surface area contributed by atoms with E-state index in [1.807, 2.05) is 17.7 Å². The van der Waals surface area contributed by atoms with E-state index < -0.39 is 9.84 Å². The van der Waals surface area contributed by atoms with E-state index in [1.54, 1.807) is 30.5 Å². The maximum Gasteiger partial charge on any atom is 0.175 e. The molecule has 2 aromatic rings. The van der Waals surface area contributed by atoms with Crippen LogP contribution in [0.1, 0.15) is 12.6 Å². The summed E-state index contributed by atoms with van der Waals surface area (Å²) < 4.78 is 24.6. The van der Waals surface area contributed by atoms with E-state index in [1.165, 1.54) is 6.26 Å². The van der Waals surface area contributed by atoms with Crippen LogP contribution in [0.2, 0.25) is 0 Å². The summed E-state index contributed by atoms with van der Waals surface area (Å²) in [6.45, 7) is 3.53. The number of aromatic nitrogens is 2. The zero-order valence-electron chi connectivity index (χ0n) is 11.0. The van der Waals surface area contributed by atoms with Crippen LogP contribution in [0.3, 0.4) is 0 Å². The lowest BCUT2D eigenvalue weighted by Crippen LogP contribution is -2.07. The first-order valence-corrected chi connectivity index (χ1v) is 7.94. The number of benzene rings is 1. The summed E-state index contributed by atoms with van der Waals surface area (Å²) in [5.41, 5.74) is 1.98. The number of hydrogen-bond acceptors (Lipinski definition) is 4. The summed E-state index contributed by atoms with van der Waals surface area (Å²) in [6.07, 6.45) is 2.97. The van der Waals surface area contributed by atoms with Gasteiger partial charge in [0, 0.05) is 24.7 Å². The number of rotatable bonds is 5. The first-order valence-electron chi connectivity index (χ1n) is 6.05. The van der Waals surface area contributed by atoms with Crippen molar-refractivity contribution < 1.29 is 8.42 Å². The first kappa shape index (κ1) is 13.6. The predicted octanol–water partition coefficient (Wildman–Crippen LogP) is 1.92. The van der Waals surface area contributed by atoms with Crippen LogP contribution < -0.4 is 5.32 Å². The number of aryl methyl sites for hydroxylation is 1. The molecule has 0 radical (unpaired) electrons. The van der Waals surface area contributed by atoms with Crippen LogP contribution >= 0.6 is 0 Å². The standard InChI is InChI=1S/C13H17N3O2S/c1-3-16-12(8-9-15-16)10-14-11-4-6-13(7-5-11)19(2,17)18/h4-9,14H,3,10H2,1-2H3. The highest BCUT2D eigenvalue weighted by atomic mass is 32.2. The molecule has 0 fully saturated rings. The number of sulfone groups is 1. The van der Waals surface area contributed by atoms with Gasteiger partial charge >= 0.3 is 0 Å². The Morgan fingerprint density at radius 1 is 1.21 bits per heavy atom. The molecule has 0 aliphatic rings. The van der Waals surface area contributed by atoms with Crippen molar-refractivity contribution >= 4 is 15.5 Å². The molecule has 0 saturated heterocycles. The lowest BCUT2D eigenvalue weighted by Gasteiger charge is -2.08. The Bertz CT molecular complexity index is 645. The average Bonchev–Trinajstić information content (AvgIpc) is 2.83. The molecule has 1 heterocycles. The van der Waals surface area contributed by atoms with E-state index in [0.717, 1.165) is 17.9 Å². The molecule has 0 aliphatic heterocycles. The molecule has 0 unspecified atom stereocenters. The molecule has 2 rings (SSSR count). The molecule has 19 heavy (non-hydrogen) atoms. The van der Waals surface area contributed by atoms with Gasteiger partial charge in [-0.3, -0.25) is 4.68 Å². The van der Waals surface area contributed by atoms with Crippen LogP contribution in [-0.2, 0) is 22.9 Å². The Morgan fingerprint density at radius 2 is 1.89 bits per heavy atom. The van der Waals surface area contributed by atoms with Crippen LogP contribution in [0.15, 0.2) is 41.4 Å². The highest BCUT2D eigenvalue weighted by Gasteiger charge is 2.06. The van der Waals surface area contributed by atoms with Gasteiger partial charge in [-0.1, -0.05) is 0 Å². The van der Waals surface area contributed by atoms with Crippen LogP contribution in [0.4, 0.5) is 5.69 Å². The second-order valence-electron chi connectivity index (χ2n) is 4.29. The minimum Gasteiger partial charge on any atom is -0.379 e. The molecule has 6 heteroatoms. The van der Waals surface area contributed by atoms with Gasteiger partial charge < -0.3 is 5.32 Å². The molecule has 0 aliphatic carbocycles. The van der Waals surface area contributed by atoms with E-state index in [-0.39, 0.29) is 0 Å². The first-order chi connectivity index (χ1) is 9.00. The van der Waals surface area contributed by atoms with Crippen molar-refractivity contribution in [2.45, 2.75) is 24.9 Å². The lowest BCUT2D eigenvalue weighted by atomic mass is 10.3. The Kier molecular flexibility index (Phi) is 3.90. The lowest BCUT2D eigenvalue weighted by molar-refractivity contribution is 0.602. The quantitative estimate of drug-likeness (QED) is 0.908. The summed E-state index contributed by atoms with van der Waals surface area (Å²) in [5.74, 6) is 0. The fraction of sp³-hybridized carbons (Fsp3) is 0.308. The van der Waals surface area contributed by atoms with Gasteiger partial charge in [0.05, 0.1) is 17.1 Å². The van der Waals surface area contributed by atoms with Gasteiger partial charge in [0.15, 0.2) is 9.84 Å². The van der Waals surface area contributed by atoms with Crippen molar-refractivity contribution in [3.8, 4) is 0 Å². The maximum atomic E-state index is 11.3. The molecule has 0 amide bonds. The van der Waals surface area contributed by atoms with Crippen molar-refractivity contribution in [2.75, 3.05) is 11.6 Å². The Morgan fingerprint density at radius 3 is 2.47 bits per heavy atom. The van der Waals surface area contributed by atoms with Crippen molar-refractivity contribution in [1.29, 1.82) is 0 Å². The third kappa shape index (κ3) is 3.35. The molecule has 0 spiro atoms. The highest BCUT2D eigenvalue weighted by molar-refractivity contribution is 7.90. The Balaban J connectivity index is 2.05. The minimum atomic E-state index is -3.13. The van der Waals surface area contributed by atoms with Gasteiger partial charge in [0.1, 0.15) is 0 Å². The second kappa shape index (κ2) is 5.44. The van der Waals surface area contributed by atoms with Gasteiger partial charge in [-0.05, 0) is 37.3 Å². The smallest absolute Gasteiger partial charge is 0.175 e. The zero-order chi connectivity index (χ0) is 13.9. The second-order valence-corrected chi connectivity index (χ2v) is 6.30. The third-order valence-electron chi connectivity index (χ3n) is 2.86. The van der Waals surface area contributed by atoms with Gasteiger partial charge in [0.2, 0.25) is 0 Å². The molecule has 1 aromatic carbocycles. The summed E-state index contributed by atoms with van der Waals surface area (Å²) in [7, 11) is -3.13. The number of anilines is 1. The van der Waals surface area contributed by atoms with Gasteiger partial charge in [0.25, 0.3) is 0 Å². The summed E-state index contributed by atoms with van der Waals surface area (Å²) >= 11 is 0. The molecule has 0 bridgehead atoms. The number of nitrogens with zero attached hydrogens (tertiary/aromatic N) is 2. The minimum absolute atomic E-state index is 0.330. The van der Waals surface area contributed by atoms with Crippen molar-refractivity contribution in [1.82, 2.24) is 9.78 Å². The fourth-order valence-electron chi connectivity index (χ4n) is 1.81. The van der Waals surface area contributed by atoms with Crippen molar-refractivity contribution in [3.63, 3.8) is 0 Å². The fourth-order valence-corrected chi connectivity index (χ4v) is 2.44. The van der Waals surface area contributed by atoms with Gasteiger partial charge in [-0.15, -0.1) is 0 Å². The SMILES string of the molecule is CCn1nccc1CNc1ccc(S(C)(=O)=O)cc1. The van der Waals surface area contributed by atoms with E-state index in [9.17, 15) is 8.42 Å². The molecule has 1 N–H and O–H groups in total. The number of hydrogen-bond donors (Lipinski definition) is 1. The molecule has 0 atom stereocenters. The summed E-state index contributed by atoms with van der Waals surface area (Å²) in [6, 6.07) is 8.71. The largest absolute Gasteiger partial charge is 0.379 e. The summed E-state index contributed by atoms with van der Waals surface area (Å²) in [5, 5.41) is 7.44. The van der Waals surface area contributed by atoms with E-state index in [4.69, 9.17) is 0 Å². The zero-order valence-corrected chi connectivity index (χ0v) is 11.8. The Labute approximate surface area is 113 Å². The normalized spacial score (nSPS) is 11.5. The van der Waals surface area contributed by atoms with Crippen LogP contribution in [0.25, 0.3) is 0 Å². The molecule has 1 aromatic heterocycles. The molecular weight excluding hydrogens is 262 g/mol. The maximum absolute atomic E-state index is 11.3. The van der Waals surface area contributed by atoms with Crippen molar-refractivity contribution in [3.05, 3.63) is 42.2 Å². The molecule has 5 nitrogen and oxygen atoms in total. The highest BCUT2D eigenvalue weighted by Crippen LogP contribution is 2.14. The van der Waals surface area contributed by atoms with Crippen LogP contribution in [0, 0.1) is 0 Å². The van der Waals surface area contributed by atoms with E-state index in [2.05, 4.69) is 10.4 Å². The molecule has 0 saturated carbocycles. The molecular formula is C13H17N3O2S. The van der Waals surface area contributed by atoms with Gasteiger partial charge in [-0.2, -0.15) is 5.10 Å². The van der Waals surface area contributed by atoms with Crippen molar-refractivity contribution in [2.24, 2.45) is 0 Å². The number of nitrogens with one attached hydrogen (secondary N) is 1. The average molecular weight is 279 g/mol. The Hall–Kier alpha value is -1.82. The monoisotopic (exact) mass is 279 g/mol. The van der Waals surface area contributed by atoms with Crippen LogP contribution in [-0.4, -0.2) is 24.5 Å². The molecule has 102 valence electrons.